The van der Waals surface area contributed by atoms with E-state index in [1.807, 2.05) is 55.8 Å². The summed E-state index contributed by atoms with van der Waals surface area (Å²) < 4.78 is 2.08. The van der Waals surface area contributed by atoms with Gasteiger partial charge in [0.25, 0.3) is 0 Å². The quantitative estimate of drug-likeness (QED) is 0.403. The van der Waals surface area contributed by atoms with Crippen LogP contribution < -0.4 is 0 Å². The zero-order valence-corrected chi connectivity index (χ0v) is 16.1. The van der Waals surface area contributed by atoms with Crippen LogP contribution in [0.5, 0.6) is 0 Å². The molecule has 136 valence electrons. The van der Waals surface area contributed by atoms with Gasteiger partial charge in [-0.2, -0.15) is 0 Å². The second-order valence-electron chi connectivity index (χ2n) is 6.91. The molecule has 0 spiro atoms. The first-order chi connectivity index (χ1) is 13.7. The maximum atomic E-state index is 6.30. The van der Waals surface area contributed by atoms with Gasteiger partial charge in [0.2, 0.25) is 0 Å². The number of nitrogens with zero attached hydrogens (tertiary/aromatic N) is 4. The number of hydrogen-bond donors (Lipinski definition) is 0. The minimum absolute atomic E-state index is 0.701. The Morgan fingerprint density at radius 2 is 1.82 bits per heavy atom. The smallest absolute Gasteiger partial charge is 0.160 e. The molecule has 0 aliphatic rings. The van der Waals surface area contributed by atoms with Crippen LogP contribution in [0.1, 0.15) is 11.1 Å². The van der Waals surface area contributed by atoms with E-state index >= 15 is 0 Å². The van der Waals surface area contributed by atoms with Crippen LogP contribution in [0.15, 0.2) is 73.2 Å². The predicted octanol–water partition coefficient (Wildman–Crippen LogP) is 5.66. The van der Waals surface area contributed by atoms with Crippen LogP contribution in [-0.2, 0) is 6.54 Å². The lowest BCUT2D eigenvalue weighted by Gasteiger charge is -2.07. The lowest BCUT2D eigenvalue weighted by atomic mass is 10.1. The van der Waals surface area contributed by atoms with Gasteiger partial charge in [-0.05, 0) is 54.4 Å². The molecule has 0 atom stereocenters. The number of aryl methyl sites for hydroxylation is 1. The molecular weight excluding hydrogens is 368 g/mol. The highest BCUT2D eigenvalue weighted by atomic mass is 35.5. The fourth-order valence-corrected chi connectivity index (χ4v) is 3.57. The summed E-state index contributed by atoms with van der Waals surface area (Å²) in [5, 5.41) is 1.88. The molecule has 4 nitrogen and oxygen atoms in total. The van der Waals surface area contributed by atoms with E-state index in [1.165, 1.54) is 5.56 Å². The highest BCUT2D eigenvalue weighted by Crippen LogP contribution is 2.26. The van der Waals surface area contributed by atoms with Crippen molar-refractivity contribution in [2.75, 3.05) is 0 Å². The highest BCUT2D eigenvalue weighted by molar-refractivity contribution is 6.31. The first-order valence-corrected chi connectivity index (χ1v) is 9.47. The van der Waals surface area contributed by atoms with Crippen molar-refractivity contribution in [3.8, 4) is 11.3 Å². The van der Waals surface area contributed by atoms with Crippen molar-refractivity contribution in [3.05, 3.63) is 89.3 Å². The van der Waals surface area contributed by atoms with E-state index in [0.717, 1.165) is 43.9 Å². The number of benzene rings is 2. The van der Waals surface area contributed by atoms with E-state index in [-0.39, 0.29) is 0 Å². The van der Waals surface area contributed by atoms with E-state index in [9.17, 15) is 0 Å². The SMILES string of the molecule is Cc1ccc(-c2ccc3ncn(Cc4ccc5ncccc5c4)c3n2)cc1Cl. The third-order valence-corrected chi connectivity index (χ3v) is 5.36. The van der Waals surface area contributed by atoms with E-state index in [1.54, 1.807) is 0 Å². The largest absolute Gasteiger partial charge is 0.311 e. The molecule has 0 amide bonds. The molecule has 0 bridgehead atoms. The summed E-state index contributed by atoms with van der Waals surface area (Å²) in [5.74, 6) is 0. The monoisotopic (exact) mass is 384 g/mol. The van der Waals surface area contributed by atoms with Crippen molar-refractivity contribution >= 4 is 33.7 Å². The summed E-state index contributed by atoms with van der Waals surface area (Å²) in [4.78, 5) is 13.8. The molecule has 5 heteroatoms. The second kappa shape index (κ2) is 6.73. The van der Waals surface area contributed by atoms with Gasteiger partial charge in [0.15, 0.2) is 5.65 Å². The molecule has 0 saturated heterocycles. The molecule has 5 aromatic rings. The van der Waals surface area contributed by atoms with Gasteiger partial charge < -0.3 is 4.57 Å². The number of halogens is 1. The van der Waals surface area contributed by atoms with Crippen LogP contribution in [0.4, 0.5) is 0 Å². The van der Waals surface area contributed by atoms with Gasteiger partial charge in [-0.1, -0.05) is 35.9 Å². The highest BCUT2D eigenvalue weighted by Gasteiger charge is 2.09. The van der Waals surface area contributed by atoms with Crippen LogP contribution in [0.25, 0.3) is 33.3 Å². The Morgan fingerprint density at radius 1 is 0.929 bits per heavy atom. The summed E-state index contributed by atoms with van der Waals surface area (Å²) in [6.07, 6.45) is 3.66. The molecule has 3 aromatic heterocycles. The van der Waals surface area contributed by atoms with Crippen LogP contribution in [0.3, 0.4) is 0 Å². The Hall–Kier alpha value is -3.24. The van der Waals surface area contributed by atoms with Crippen molar-refractivity contribution < 1.29 is 0 Å². The molecule has 0 fully saturated rings. The van der Waals surface area contributed by atoms with Crippen molar-refractivity contribution in [1.29, 1.82) is 0 Å². The van der Waals surface area contributed by atoms with Crippen molar-refractivity contribution in [2.45, 2.75) is 13.5 Å². The summed E-state index contributed by atoms with van der Waals surface area (Å²) in [7, 11) is 0. The molecule has 0 aliphatic carbocycles. The number of aromatic nitrogens is 4. The standard InChI is InChI=1S/C23H17ClN4/c1-15-4-6-18(12-19(15)24)21-8-9-22-23(27-21)28(14-26-22)13-16-5-7-20-17(11-16)3-2-10-25-20/h2-12,14H,13H2,1H3. The molecule has 0 N–H and O–H groups in total. The first-order valence-electron chi connectivity index (χ1n) is 9.09. The molecule has 0 saturated carbocycles. The summed E-state index contributed by atoms with van der Waals surface area (Å²) in [6, 6.07) is 20.4. The second-order valence-corrected chi connectivity index (χ2v) is 7.31. The molecule has 28 heavy (non-hydrogen) atoms. The van der Waals surface area contributed by atoms with E-state index in [0.29, 0.717) is 6.54 Å². The van der Waals surface area contributed by atoms with Crippen molar-refractivity contribution in [3.63, 3.8) is 0 Å². The molecule has 5 rings (SSSR count). The lowest BCUT2D eigenvalue weighted by Crippen LogP contribution is -2.00. The van der Waals surface area contributed by atoms with Gasteiger partial charge in [-0.25, -0.2) is 9.97 Å². The van der Waals surface area contributed by atoms with Gasteiger partial charge >= 0.3 is 0 Å². The van der Waals surface area contributed by atoms with Crippen molar-refractivity contribution in [2.24, 2.45) is 0 Å². The van der Waals surface area contributed by atoms with E-state index < -0.39 is 0 Å². The van der Waals surface area contributed by atoms with Crippen LogP contribution in [0.2, 0.25) is 5.02 Å². The zero-order chi connectivity index (χ0) is 19.1. The Morgan fingerprint density at radius 3 is 2.71 bits per heavy atom. The van der Waals surface area contributed by atoms with Gasteiger partial charge in [-0.15, -0.1) is 0 Å². The first kappa shape index (κ1) is 16.9. The number of imidazole rings is 1. The third-order valence-electron chi connectivity index (χ3n) is 4.95. The average molecular weight is 385 g/mol. The predicted molar refractivity (Wildman–Crippen MR) is 114 cm³/mol. The lowest BCUT2D eigenvalue weighted by molar-refractivity contribution is 0.815. The number of fused-ring (bicyclic) bond motifs is 2. The number of pyridine rings is 2. The Kier molecular flexibility index (Phi) is 4.06. The van der Waals surface area contributed by atoms with Crippen LogP contribution in [-0.4, -0.2) is 19.5 Å². The van der Waals surface area contributed by atoms with Crippen LogP contribution in [0, 0.1) is 6.92 Å². The number of hydrogen-bond acceptors (Lipinski definition) is 3. The molecule has 0 aliphatic heterocycles. The minimum Gasteiger partial charge on any atom is -0.311 e. The Balaban J connectivity index is 1.54. The third kappa shape index (κ3) is 3.02. The molecule has 0 unspecified atom stereocenters. The molecule has 3 heterocycles. The fraction of sp³-hybridized carbons (Fsp3) is 0.0870. The normalized spacial score (nSPS) is 11.4. The topological polar surface area (TPSA) is 43.6 Å². The van der Waals surface area contributed by atoms with E-state index in [2.05, 4.69) is 38.8 Å². The van der Waals surface area contributed by atoms with Crippen molar-refractivity contribution in [1.82, 2.24) is 19.5 Å². The Labute approximate surface area is 167 Å². The number of rotatable bonds is 3. The van der Waals surface area contributed by atoms with Gasteiger partial charge in [0.05, 0.1) is 24.1 Å². The summed E-state index contributed by atoms with van der Waals surface area (Å²) in [5.41, 5.74) is 6.87. The molecule has 2 aromatic carbocycles. The zero-order valence-electron chi connectivity index (χ0n) is 15.3. The maximum Gasteiger partial charge on any atom is 0.160 e. The van der Waals surface area contributed by atoms with E-state index in [4.69, 9.17) is 16.6 Å². The van der Waals surface area contributed by atoms with Gasteiger partial charge in [0, 0.05) is 22.2 Å². The minimum atomic E-state index is 0.701. The fourth-order valence-electron chi connectivity index (χ4n) is 3.39. The van der Waals surface area contributed by atoms with Gasteiger partial charge in [0.1, 0.15) is 5.52 Å². The van der Waals surface area contributed by atoms with Crippen LogP contribution >= 0.6 is 11.6 Å². The molecule has 0 radical (unpaired) electrons. The van der Waals surface area contributed by atoms with Gasteiger partial charge in [-0.3, -0.25) is 4.98 Å². The summed E-state index contributed by atoms with van der Waals surface area (Å²) >= 11 is 6.30. The maximum absolute atomic E-state index is 6.30. The molecular formula is C23H17ClN4. The summed E-state index contributed by atoms with van der Waals surface area (Å²) in [6.45, 7) is 2.70. The Bertz CT molecular complexity index is 1320. The average Bonchev–Trinajstić information content (AvgIpc) is 3.12.